The Labute approximate surface area is 116 Å². The fourth-order valence-electron chi connectivity index (χ4n) is 1.90. The molecule has 0 saturated carbocycles. The molecule has 0 atom stereocenters. The third-order valence-corrected chi connectivity index (χ3v) is 3.99. The van der Waals surface area contributed by atoms with Crippen molar-refractivity contribution in [1.82, 2.24) is 0 Å². The van der Waals surface area contributed by atoms with Crippen LogP contribution < -0.4 is 5.32 Å². The third-order valence-electron chi connectivity index (χ3n) is 2.84. The number of benzene rings is 2. The highest BCUT2D eigenvalue weighted by atomic mass is 32.2. The van der Waals surface area contributed by atoms with Crippen LogP contribution in [-0.4, -0.2) is 9.85 Å². The minimum Gasteiger partial charge on any atom is -0.353 e. The van der Waals surface area contributed by atoms with E-state index in [1.807, 2.05) is 0 Å². The lowest BCUT2D eigenvalue weighted by atomic mass is 10.2. The van der Waals surface area contributed by atoms with Crippen LogP contribution in [0.3, 0.4) is 0 Å². The standard InChI is InChI=1S/C12H7N3O4S/c16-14(17)7-1-3-11-9(5-7)13-10-6-8(15(18)19)2-4-12(10)20-11/h1-6,13H. The Kier molecular flexibility index (Phi) is 2.79. The number of rotatable bonds is 2. The molecular weight excluding hydrogens is 282 g/mol. The number of fused-ring (bicyclic) bond motifs is 2. The molecule has 0 aromatic heterocycles. The first-order valence-electron chi connectivity index (χ1n) is 5.56. The van der Waals surface area contributed by atoms with E-state index in [-0.39, 0.29) is 11.4 Å². The molecule has 3 rings (SSSR count). The summed E-state index contributed by atoms with van der Waals surface area (Å²) in [6.07, 6.45) is 0. The zero-order valence-electron chi connectivity index (χ0n) is 9.90. The van der Waals surface area contributed by atoms with E-state index in [9.17, 15) is 20.2 Å². The van der Waals surface area contributed by atoms with Gasteiger partial charge in [0.15, 0.2) is 0 Å². The van der Waals surface area contributed by atoms with E-state index in [0.29, 0.717) is 11.4 Å². The molecule has 1 heterocycles. The first-order valence-corrected chi connectivity index (χ1v) is 6.38. The van der Waals surface area contributed by atoms with Crippen molar-refractivity contribution in [2.24, 2.45) is 0 Å². The van der Waals surface area contributed by atoms with Crippen LogP contribution >= 0.6 is 11.8 Å². The Morgan fingerprint density at radius 2 is 1.30 bits per heavy atom. The number of hydrogen-bond acceptors (Lipinski definition) is 6. The van der Waals surface area contributed by atoms with Gasteiger partial charge in [0.1, 0.15) is 0 Å². The maximum atomic E-state index is 10.8. The highest BCUT2D eigenvalue weighted by Crippen LogP contribution is 2.46. The normalized spacial score (nSPS) is 12.0. The summed E-state index contributed by atoms with van der Waals surface area (Å²) >= 11 is 1.42. The number of non-ortho nitro benzene ring substituents is 2. The van der Waals surface area contributed by atoms with E-state index in [4.69, 9.17) is 0 Å². The maximum Gasteiger partial charge on any atom is 0.271 e. The molecule has 0 amide bonds. The molecule has 7 nitrogen and oxygen atoms in total. The third kappa shape index (κ3) is 2.05. The number of nitrogens with zero attached hydrogens (tertiary/aromatic N) is 2. The van der Waals surface area contributed by atoms with Gasteiger partial charge in [-0.15, -0.1) is 0 Å². The van der Waals surface area contributed by atoms with Crippen LogP contribution in [0.1, 0.15) is 0 Å². The van der Waals surface area contributed by atoms with E-state index in [0.717, 1.165) is 9.79 Å². The topological polar surface area (TPSA) is 98.3 Å². The second-order valence-electron chi connectivity index (χ2n) is 4.10. The molecule has 0 bridgehead atoms. The van der Waals surface area contributed by atoms with Gasteiger partial charge in [-0.3, -0.25) is 20.2 Å². The molecule has 0 saturated heterocycles. The molecule has 20 heavy (non-hydrogen) atoms. The number of nitro benzene ring substituents is 2. The molecule has 0 fully saturated rings. The molecule has 2 aromatic carbocycles. The van der Waals surface area contributed by atoms with Gasteiger partial charge in [-0.2, -0.15) is 0 Å². The smallest absolute Gasteiger partial charge is 0.271 e. The minimum atomic E-state index is -0.477. The fraction of sp³-hybridized carbons (Fsp3) is 0. The van der Waals surface area contributed by atoms with Crippen LogP contribution in [0.2, 0.25) is 0 Å². The van der Waals surface area contributed by atoms with Gasteiger partial charge in [-0.1, -0.05) is 11.8 Å². The minimum absolute atomic E-state index is 0.0225. The Bertz CT molecular complexity index is 686. The number of nitrogens with one attached hydrogen (secondary N) is 1. The van der Waals surface area contributed by atoms with E-state index < -0.39 is 9.85 Å². The number of hydrogen-bond donors (Lipinski definition) is 1. The highest BCUT2D eigenvalue weighted by Gasteiger charge is 2.20. The molecule has 1 aliphatic heterocycles. The van der Waals surface area contributed by atoms with Crippen molar-refractivity contribution in [3.05, 3.63) is 56.6 Å². The molecule has 0 spiro atoms. The summed E-state index contributed by atoms with van der Waals surface area (Å²) in [6.45, 7) is 0. The molecular formula is C12H7N3O4S. The summed E-state index contributed by atoms with van der Waals surface area (Å²) < 4.78 is 0. The molecule has 100 valence electrons. The van der Waals surface area contributed by atoms with Crippen molar-refractivity contribution in [2.45, 2.75) is 9.79 Å². The zero-order chi connectivity index (χ0) is 14.3. The maximum absolute atomic E-state index is 10.8. The van der Waals surface area contributed by atoms with Gasteiger partial charge in [-0.25, -0.2) is 0 Å². The summed E-state index contributed by atoms with van der Waals surface area (Å²) in [4.78, 5) is 22.3. The van der Waals surface area contributed by atoms with E-state index in [1.54, 1.807) is 12.1 Å². The molecule has 1 aliphatic rings. The first kappa shape index (κ1) is 12.4. The Morgan fingerprint density at radius 3 is 1.70 bits per heavy atom. The van der Waals surface area contributed by atoms with Gasteiger partial charge < -0.3 is 5.32 Å². The molecule has 0 radical (unpaired) electrons. The van der Waals surface area contributed by atoms with Crippen LogP contribution in [0.25, 0.3) is 0 Å². The van der Waals surface area contributed by atoms with Crippen molar-refractivity contribution < 1.29 is 9.85 Å². The Hall–Kier alpha value is -2.61. The van der Waals surface area contributed by atoms with Crippen molar-refractivity contribution in [2.75, 3.05) is 5.32 Å². The second kappa shape index (κ2) is 4.49. The lowest BCUT2D eigenvalue weighted by molar-refractivity contribution is -0.384. The van der Waals surface area contributed by atoms with Gasteiger partial charge in [0.05, 0.1) is 21.2 Å². The van der Waals surface area contributed by atoms with E-state index >= 15 is 0 Å². The lowest BCUT2D eigenvalue weighted by Crippen LogP contribution is -2.01. The largest absolute Gasteiger partial charge is 0.353 e. The van der Waals surface area contributed by atoms with Crippen molar-refractivity contribution in [1.29, 1.82) is 0 Å². The number of anilines is 2. The SMILES string of the molecule is O=[N+]([O-])c1ccc2c(c1)Nc1cc([N+](=O)[O-])ccc1S2. The second-order valence-corrected chi connectivity index (χ2v) is 5.19. The Balaban J connectivity index is 2.03. The summed E-state index contributed by atoms with van der Waals surface area (Å²) in [5.41, 5.74) is 1.12. The van der Waals surface area contributed by atoms with Crippen LogP contribution in [0.15, 0.2) is 46.2 Å². The molecule has 1 N–H and O–H groups in total. The van der Waals surface area contributed by atoms with E-state index in [1.165, 1.54) is 36.0 Å². The van der Waals surface area contributed by atoms with Crippen LogP contribution in [0.5, 0.6) is 0 Å². The van der Waals surface area contributed by atoms with Crippen LogP contribution in [-0.2, 0) is 0 Å². The highest BCUT2D eigenvalue weighted by molar-refractivity contribution is 7.99. The molecule has 8 heteroatoms. The average Bonchev–Trinajstić information content (AvgIpc) is 2.43. The van der Waals surface area contributed by atoms with Gasteiger partial charge in [0, 0.05) is 34.1 Å². The zero-order valence-corrected chi connectivity index (χ0v) is 10.7. The summed E-state index contributed by atoms with van der Waals surface area (Å²) in [5, 5.41) is 24.5. The first-order chi connectivity index (χ1) is 9.54. The van der Waals surface area contributed by atoms with Gasteiger partial charge in [-0.05, 0) is 12.1 Å². The summed E-state index contributed by atoms with van der Waals surface area (Å²) in [6, 6.07) is 9.03. The average molecular weight is 289 g/mol. The molecule has 0 aliphatic carbocycles. The van der Waals surface area contributed by atoms with Crippen LogP contribution in [0, 0.1) is 20.2 Å². The predicted molar refractivity (Wildman–Crippen MR) is 73.6 cm³/mol. The molecule has 2 aromatic rings. The summed E-state index contributed by atoms with van der Waals surface area (Å²) in [5.74, 6) is 0. The van der Waals surface area contributed by atoms with Crippen molar-refractivity contribution >= 4 is 34.5 Å². The van der Waals surface area contributed by atoms with Gasteiger partial charge in [0.2, 0.25) is 0 Å². The van der Waals surface area contributed by atoms with Crippen molar-refractivity contribution in [3.63, 3.8) is 0 Å². The van der Waals surface area contributed by atoms with E-state index in [2.05, 4.69) is 5.32 Å². The quantitative estimate of drug-likeness (QED) is 0.570. The lowest BCUT2D eigenvalue weighted by Gasteiger charge is -2.19. The monoisotopic (exact) mass is 289 g/mol. The predicted octanol–water partition coefficient (Wildman–Crippen LogP) is 3.71. The van der Waals surface area contributed by atoms with Gasteiger partial charge >= 0.3 is 0 Å². The van der Waals surface area contributed by atoms with Crippen LogP contribution in [0.4, 0.5) is 22.7 Å². The van der Waals surface area contributed by atoms with Crippen molar-refractivity contribution in [3.8, 4) is 0 Å². The number of nitro groups is 2. The fourth-order valence-corrected chi connectivity index (χ4v) is 2.85. The molecule has 0 unspecified atom stereocenters. The van der Waals surface area contributed by atoms with Gasteiger partial charge in [0.25, 0.3) is 11.4 Å². The Morgan fingerprint density at radius 1 is 0.850 bits per heavy atom. The summed E-state index contributed by atoms with van der Waals surface area (Å²) in [7, 11) is 0.